The molecule has 1 unspecified atom stereocenters. The fourth-order valence-corrected chi connectivity index (χ4v) is 2.48. The summed E-state index contributed by atoms with van der Waals surface area (Å²) in [7, 11) is 0. The van der Waals surface area contributed by atoms with Crippen LogP contribution in [0.1, 0.15) is 35.2 Å². The summed E-state index contributed by atoms with van der Waals surface area (Å²) in [6.45, 7) is 0.905. The third-order valence-corrected chi connectivity index (χ3v) is 3.78. The van der Waals surface area contributed by atoms with Crippen LogP contribution in [-0.4, -0.2) is 18.4 Å². The van der Waals surface area contributed by atoms with Crippen LogP contribution < -0.4 is 5.32 Å². The van der Waals surface area contributed by atoms with Gasteiger partial charge in [-0.3, -0.25) is 4.79 Å². The summed E-state index contributed by atoms with van der Waals surface area (Å²) >= 11 is 17.3. The number of carbonyl (C=O) groups excluding carboxylic acids is 1. The first-order valence-corrected chi connectivity index (χ1v) is 7.07. The van der Waals surface area contributed by atoms with Crippen LogP contribution in [0.25, 0.3) is 0 Å². The first-order valence-electron chi connectivity index (χ1n) is 5.93. The van der Waals surface area contributed by atoms with Gasteiger partial charge < -0.3 is 5.32 Å². The van der Waals surface area contributed by atoms with Gasteiger partial charge in [-0.15, -0.1) is 0 Å². The summed E-state index contributed by atoms with van der Waals surface area (Å²) in [4.78, 5) is 12.2. The number of nitrogens with one attached hydrogen (secondary N) is 1. The van der Waals surface area contributed by atoms with Gasteiger partial charge in [0.05, 0.1) is 6.04 Å². The Kier molecular flexibility index (Phi) is 4.54. The maximum atomic E-state index is 12.2. The smallest absolute Gasteiger partial charge is 0.216 e. The zero-order chi connectivity index (χ0) is 13.2. The van der Waals surface area contributed by atoms with E-state index in [1.165, 1.54) is 0 Å². The maximum Gasteiger partial charge on any atom is 0.216 e. The molecule has 0 amide bonds. The summed E-state index contributed by atoms with van der Waals surface area (Å²) in [6.07, 6.45) is 3.12. The van der Waals surface area contributed by atoms with Gasteiger partial charge in [-0.2, -0.15) is 0 Å². The minimum absolute atomic E-state index is 0.0719. The lowest BCUT2D eigenvalue weighted by atomic mass is 9.96. The lowest BCUT2D eigenvalue weighted by Gasteiger charge is -2.22. The molecule has 2 rings (SSSR count). The molecule has 0 spiro atoms. The third-order valence-electron chi connectivity index (χ3n) is 3.12. The summed E-state index contributed by atoms with van der Waals surface area (Å²) in [5.41, 5.74) is 1.23. The lowest BCUT2D eigenvalue weighted by Crippen LogP contribution is -2.40. The Labute approximate surface area is 122 Å². The standard InChI is InChI=1S/C13H14Cl3NO/c14-13(15,16)10-6-4-9(5-7-10)12(18)11-3-1-2-8-17-11/h4-7,11,17H,1-3,8H2. The molecular weight excluding hydrogens is 293 g/mol. The second-order valence-electron chi connectivity index (χ2n) is 4.44. The Balaban J connectivity index is 2.11. The van der Waals surface area contributed by atoms with Crippen LogP contribution in [-0.2, 0) is 3.79 Å². The van der Waals surface area contributed by atoms with Crippen molar-refractivity contribution in [2.75, 3.05) is 6.54 Å². The van der Waals surface area contributed by atoms with E-state index in [-0.39, 0.29) is 11.8 Å². The van der Waals surface area contributed by atoms with Gasteiger partial charge in [0, 0.05) is 11.1 Å². The second kappa shape index (κ2) is 5.79. The molecule has 18 heavy (non-hydrogen) atoms. The molecule has 1 aliphatic rings. The highest BCUT2D eigenvalue weighted by Gasteiger charge is 2.25. The fourth-order valence-electron chi connectivity index (χ4n) is 2.10. The van der Waals surface area contributed by atoms with Crippen molar-refractivity contribution < 1.29 is 4.79 Å². The zero-order valence-corrected chi connectivity index (χ0v) is 12.0. The van der Waals surface area contributed by atoms with Gasteiger partial charge in [-0.05, 0) is 19.4 Å². The number of hydrogen-bond donors (Lipinski definition) is 1. The van der Waals surface area contributed by atoms with Crippen molar-refractivity contribution in [3.63, 3.8) is 0 Å². The van der Waals surface area contributed by atoms with E-state index in [2.05, 4.69) is 5.32 Å². The summed E-state index contributed by atoms with van der Waals surface area (Å²) < 4.78 is -1.44. The van der Waals surface area contributed by atoms with Gasteiger partial charge in [0.2, 0.25) is 3.79 Å². The minimum atomic E-state index is -1.44. The quantitative estimate of drug-likeness (QED) is 0.664. The fraction of sp³-hybridized carbons (Fsp3) is 0.462. The molecular formula is C13H14Cl3NO. The van der Waals surface area contributed by atoms with Crippen molar-refractivity contribution >= 4 is 40.6 Å². The highest BCUT2D eigenvalue weighted by Crippen LogP contribution is 2.38. The Bertz CT molecular complexity index is 419. The number of carbonyl (C=O) groups is 1. The first-order chi connectivity index (χ1) is 8.48. The number of halogens is 3. The van der Waals surface area contributed by atoms with Crippen molar-refractivity contribution in [1.82, 2.24) is 5.32 Å². The van der Waals surface area contributed by atoms with Gasteiger partial charge in [0.1, 0.15) is 0 Å². The molecule has 0 bridgehead atoms. The Morgan fingerprint density at radius 2 is 1.83 bits per heavy atom. The van der Waals surface area contributed by atoms with Gasteiger partial charge >= 0.3 is 0 Å². The third kappa shape index (κ3) is 3.39. The number of rotatable bonds is 2. The highest BCUT2D eigenvalue weighted by atomic mass is 35.6. The molecule has 1 N–H and O–H groups in total. The van der Waals surface area contributed by atoms with Crippen molar-refractivity contribution in [2.45, 2.75) is 29.1 Å². The van der Waals surface area contributed by atoms with Crippen molar-refractivity contribution in [3.8, 4) is 0 Å². The SMILES string of the molecule is O=C(c1ccc(C(Cl)(Cl)Cl)cc1)C1CCCCN1. The molecule has 1 aliphatic heterocycles. The van der Waals surface area contributed by atoms with Crippen molar-refractivity contribution in [2.24, 2.45) is 0 Å². The van der Waals surface area contributed by atoms with Gasteiger partial charge in [-0.25, -0.2) is 0 Å². The monoisotopic (exact) mass is 305 g/mol. The van der Waals surface area contributed by atoms with E-state index in [0.717, 1.165) is 25.8 Å². The predicted molar refractivity (Wildman–Crippen MR) is 75.7 cm³/mol. The highest BCUT2D eigenvalue weighted by molar-refractivity contribution is 6.66. The molecule has 2 nitrogen and oxygen atoms in total. The zero-order valence-electron chi connectivity index (χ0n) is 9.76. The maximum absolute atomic E-state index is 12.2. The normalized spacial score (nSPS) is 20.7. The number of Topliss-reactive ketones (excluding diaryl/α,β-unsaturated/α-hetero) is 1. The number of piperidine rings is 1. The molecule has 98 valence electrons. The van der Waals surface area contributed by atoms with E-state index in [4.69, 9.17) is 34.8 Å². The summed E-state index contributed by atoms with van der Waals surface area (Å²) in [6, 6.07) is 6.73. The predicted octanol–water partition coefficient (Wildman–Crippen LogP) is 3.84. The van der Waals surface area contributed by atoms with Crippen LogP contribution in [0.3, 0.4) is 0 Å². The van der Waals surface area contributed by atoms with E-state index in [9.17, 15) is 4.79 Å². The molecule has 1 heterocycles. The number of benzene rings is 1. The Hall–Kier alpha value is -0.280. The van der Waals surface area contributed by atoms with Gasteiger partial charge in [0.15, 0.2) is 5.78 Å². The largest absolute Gasteiger partial charge is 0.307 e. The lowest BCUT2D eigenvalue weighted by molar-refractivity contribution is 0.0927. The Morgan fingerprint density at radius 3 is 2.33 bits per heavy atom. The number of hydrogen-bond acceptors (Lipinski definition) is 2. The number of ketones is 1. The average molecular weight is 307 g/mol. The molecule has 5 heteroatoms. The van der Waals surface area contributed by atoms with Gasteiger partial charge in [-0.1, -0.05) is 65.5 Å². The molecule has 1 fully saturated rings. The van der Waals surface area contributed by atoms with E-state index < -0.39 is 3.79 Å². The van der Waals surface area contributed by atoms with Gasteiger partial charge in [0.25, 0.3) is 0 Å². The van der Waals surface area contributed by atoms with E-state index in [0.29, 0.717) is 11.1 Å². The topological polar surface area (TPSA) is 29.1 Å². The molecule has 0 aromatic heterocycles. The molecule has 0 saturated carbocycles. The average Bonchev–Trinajstić information content (AvgIpc) is 2.38. The molecule has 1 aromatic rings. The van der Waals surface area contributed by atoms with Crippen LogP contribution in [0.15, 0.2) is 24.3 Å². The van der Waals surface area contributed by atoms with E-state index >= 15 is 0 Å². The molecule has 0 aliphatic carbocycles. The van der Waals surface area contributed by atoms with Crippen LogP contribution >= 0.6 is 34.8 Å². The minimum Gasteiger partial charge on any atom is -0.307 e. The van der Waals surface area contributed by atoms with Crippen LogP contribution in [0.4, 0.5) is 0 Å². The van der Waals surface area contributed by atoms with Crippen LogP contribution in [0.2, 0.25) is 0 Å². The second-order valence-corrected chi connectivity index (χ2v) is 6.72. The summed E-state index contributed by atoms with van der Waals surface area (Å²) in [5.74, 6) is 0.116. The van der Waals surface area contributed by atoms with Crippen molar-refractivity contribution in [3.05, 3.63) is 35.4 Å². The van der Waals surface area contributed by atoms with Crippen molar-refractivity contribution in [1.29, 1.82) is 0 Å². The van der Waals surface area contributed by atoms with Crippen LogP contribution in [0, 0.1) is 0 Å². The molecule has 1 aromatic carbocycles. The molecule has 1 atom stereocenters. The van der Waals surface area contributed by atoms with Crippen LogP contribution in [0.5, 0.6) is 0 Å². The Morgan fingerprint density at radius 1 is 1.17 bits per heavy atom. The molecule has 0 radical (unpaired) electrons. The summed E-state index contributed by atoms with van der Waals surface area (Å²) in [5, 5.41) is 3.23. The van der Waals surface area contributed by atoms with E-state index in [1.807, 2.05) is 0 Å². The van der Waals surface area contributed by atoms with E-state index in [1.54, 1.807) is 24.3 Å². The number of alkyl halides is 3. The molecule has 1 saturated heterocycles. The first kappa shape index (κ1) is 14.1.